The normalized spacial score (nSPS) is 20.7. The number of nitrogens with zero attached hydrogens (tertiary/aromatic N) is 5. The van der Waals surface area contributed by atoms with Crippen LogP contribution in [0.3, 0.4) is 0 Å². The van der Waals surface area contributed by atoms with Crippen LogP contribution in [0.25, 0.3) is 11.0 Å². The molecule has 2 atom stereocenters. The van der Waals surface area contributed by atoms with Crippen LogP contribution in [0.1, 0.15) is 19.4 Å². The summed E-state index contributed by atoms with van der Waals surface area (Å²) in [6, 6.07) is 5.47. The summed E-state index contributed by atoms with van der Waals surface area (Å²) in [5.41, 5.74) is 1.72. The highest BCUT2D eigenvalue weighted by atomic mass is 35.5. The van der Waals surface area contributed by atoms with Gasteiger partial charge in [-0.3, -0.25) is 0 Å². The molecular weight excluding hydrogens is 373 g/mol. The van der Waals surface area contributed by atoms with Crippen molar-refractivity contribution in [1.29, 1.82) is 0 Å². The van der Waals surface area contributed by atoms with Gasteiger partial charge in [0.15, 0.2) is 5.65 Å². The maximum atomic E-state index is 6.30. The molecule has 8 heteroatoms. The first-order valence-electron chi connectivity index (χ1n) is 8.52. The van der Waals surface area contributed by atoms with Gasteiger partial charge in [-0.05, 0) is 31.5 Å². The van der Waals surface area contributed by atoms with Crippen molar-refractivity contribution in [2.24, 2.45) is 0 Å². The molecule has 0 radical (unpaired) electrons. The third-order valence-corrected chi connectivity index (χ3v) is 5.05. The van der Waals surface area contributed by atoms with E-state index in [1.54, 1.807) is 12.4 Å². The third kappa shape index (κ3) is 3.37. The van der Waals surface area contributed by atoms with Crippen LogP contribution < -0.4 is 4.90 Å². The van der Waals surface area contributed by atoms with Crippen LogP contribution in [0.5, 0.6) is 0 Å². The number of benzene rings is 1. The quantitative estimate of drug-likeness (QED) is 0.679. The number of morpholine rings is 1. The first-order valence-corrected chi connectivity index (χ1v) is 9.27. The molecule has 1 aliphatic rings. The molecular formula is C18H19Cl2N5O. The monoisotopic (exact) mass is 391 g/mol. The van der Waals surface area contributed by atoms with Crippen molar-refractivity contribution in [3.63, 3.8) is 0 Å². The number of rotatable bonds is 3. The van der Waals surface area contributed by atoms with Crippen molar-refractivity contribution in [1.82, 2.24) is 19.7 Å². The minimum Gasteiger partial charge on any atom is -0.372 e. The predicted octanol–water partition coefficient (Wildman–Crippen LogP) is 3.80. The molecule has 0 spiro atoms. The Morgan fingerprint density at radius 1 is 1.15 bits per heavy atom. The predicted molar refractivity (Wildman–Crippen MR) is 103 cm³/mol. The summed E-state index contributed by atoms with van der Waals surface area (Å²) in [7, 11) is 0. The maximum Gasteiger partial charge on any atom is 0.163 e. The van der Waals surface area contributed by atoms with Crippen molar-refractivity contribution in [3.05, 3.63) is 46.3 Å². The topological polar surface area (TPSA) is 56.1 Å². The molecule has 1 fully saturated rings. The molecule has 4 rings (SSSR count). The van der Waals surface area contributed by atoms with E-state index in [0.29, 0.717) is 16.6 Å². The largest absolute Gasteiger partial charge is 0.372 e. The molecule has 0 bridgehead atoms. The summed E-state index contributed by atoms with van der Waals surface area (Å²) in [6.45, 7) is 6.27. The van der Waals surface area contributed by atoms with E-state index in [9.17, 15) is 0 Å². The van der Waals surface area contributed by atoms with Gasteiger partial charge >= 0.3 is 0 Å². The van der Waals surface area contributed by atoms with Crippen LogP contribution in [0.4, 0.5) is 5.82 Å². The van der Waals surface area contributed by atoms with E-state index in [2.05, 4.69) is 33.8 Å². The van der Waals surface area contributed by atoms with Crippen LogP contribution in [-0.2, 0) is 11.3 Å². The second-order valence-corrected chi connectivity index (χ2v) is 7.48. The standard InChI is InChI=1S/C18H19Cl2N5O/c1-11-7-24(8-12(2)26-11)17-15-6-23-25(18(15)22-10-21-17)9-13-3-4-14(19)5-16(13)20/h3-6,10-12H,7-9H2,1-2H3. The van der Waals surface area contributed by atoms with Gasteiger partial charge in [0.1, 0.15) is 12.1 Å². The molecule has 2 unspecified atom stereocenters. The molecule has 26 heavy (non-hydrogen) atoms. The van der Waals surface area contributed by atoms with Crippen LogP contribution in [0, 0.1) is 0 Å². The van der Waals surface area contributed by atoms with Crippen molar-refractivity contribution in [2.75, 3.05) is 18.0 Å². The minimum absolute atomic E-state index is 0.159. The zero-order chi connectivity index (χ0) is 18.3. The average Bonchev–Trinajstić information content (AvgIpc) is 2.99. The van der Waals surface area contributed by atoms with E-state index in [-0.39, 0.29) is 12.2 Å². The highest BCUT2D eigenvalue weighted by molar-refractivity contribution is 6.35. The lowest BCUT2D eigenvalue weighted by atomic mass is 10.2. The smallest absolute Gasteiger partial charge is 0.163 e. The number of halogens is 2. The van der Waals surface area contributed by atoms with Crippen LogP contribution in [0.15, 0.2) is 30.7 Å². The van der Waals surface area contributed by atoms with Gasteiger partial charge in [-0.1, -0.05) is 29.3 Å². The van der Waals surface area contributed by atoms with E-state index < -0.39 is 0 Å². The lowest BCUT2D eigenvalue weighted by Gasteiger charge is -2.36. The molecule has 3 heterocycles. The summed E-state index contributed by atoms with van der Waals surface area (Å²) >= 11 is 12.3. The summed E-state index contributed by atoms with van der Waals surface area (Å²) in [5.74, 6) is 0.894. The highest BCUT2D eigenvalue weighted by Crippen LogP contribution is 2.27. The number of hydrogen-bond acceptors (Lipinski definition) is 5. The van der Waals surface area contributed by atoms with Crippen LogP contribution in [-0.4, -0.2) is 45.0 Å². The molecule has 0 aliphatic carbocycles. The molecule has 1 aromatic carbocycles. The van der Waals surface area contributed by atoms with Crippen molar-refractivity contribution < 1.29 is 4.74 Å². The molecule has 0 N–H and O–H groups in total. The first-order chi connectivity index (χ1) is 12.5. The lowest BCUT2D eigenvalue weighted by Crippen LogP contribution is -2.45. The Morgan fingerprint density at radius 2 is 1.92 bits per heavy atom. The summed E-state index contributed by atoms with van der Waals surface area (Å²) in [5, 5.41) is 6.67. The number of ether oxygens (including phenoxy) is 1. The zero-order valence-corrected chi connectivity index (χ0v) is 16.1. The molecule has 0 amide bonds. The van der Waals surface area contributed by atoms with Gasteiger partial charge in [0, 0.05) is 23.1 Å². The molecule has 6 nitrogen and oxygen atoms in total. The number of hydrogen-bond donors (Lipinski definition) is 0. The van der Waals surface area contributed by atoms with E-state index in [0.717, 1.165) is 35.5 Å². The Bertz CT molecular complexity index is 934. The molecule has 0 saturated carbocycles. The SMILES string of the molecule is CC1CN(c2ncnc3c2cnn3Cc2ccc(Cl)cc2Cl)CC(C)O1. The zero-order valence-electron chi connectivity index (χ0n) is 14.6. The van der Waals surface area contributed by atoms with E-state index in [1.165, 1.54) is 0 Å². The number of fused-ring (bicyclic) bond motifs is 1. The average molecular weight is 392 g/mol. The third-order valence-electron chi connectivity index (χ3n) is 4.47. The van der Waals surface area contributed by atoms with E-state index >= 15 is 0 Å². The van der Waals surface area contributed by atoms with Gasteiger partial charge in [-0.2, -0.15) is 5.10 Å². The van der Waals surface area contributed by atoms with E-state index in [1.807, 2.05) is 23.0 Å². The van der Waals surface area contributed by atoms with Gasteiger partial charge in [0.25, 0.3) is 0 Å². The molecule has 1 saturated heterocycles. The van der Waals surface area contributed by atoms with Gasteiger partial charge in [-0.15, -0.1) is 0 Å². The molecule has 136 valence electrons. The van der Waals surface area contributed by atoms with E-state index in [4.69, 9.17) is 27.9 Å². The van der Waals surface area contributed by atoms with Crippen molar-refractivity contribution in [3.8, 4) is 0 Å². The summed E-state index contributed by atoms with van der Waals surface area (Å²) in [4.78, 5) is 11.2. The second kappa shape index (κ2) is 7.02. The maximum absolute atomic E-state index is 6.30. The molecule has 1 aliphatic heterocycles. The number of aromatic nitrogens is 4. The fourth-order valence-electron chi connectivity index (χ4n) is 3.41. The fraction of sp³-hybridized carbons (Fsp3) is 0.389. The first kappa shape index (κ1) is 17.5. The summed E-state index contributed by atoms with van der Waals surface area (Å²) < 4.78 is 7.66. The Kier molecular flexibility index (Phi) is 4.73. The number of anilines is 1. The molecule has 2 aromatic heterocycles. The second-order valence-electron chi connectivity index (χ2n) is 6.63. The Hall–Kier alpha value is -1.89. The highest BCUT2D eigenvalue weighted by Gasteiger charge is 2.25. The van der Waals surface area contributed by atoms with Crippen molar-refractivity contribution in [2.45, 2.75) is 32.6 Å². The molecule has 3 aromatic rings. The summed E-state index contributed by atoms with van der Waals surface area (Å²) in [6.07, 6.45) is 3.72. The van der Waals surface area contributed by atoms with Gasteiger partial charge < -0.3 is 9.64 Å². The van der Waals surface area contributed by atoms with Gasteiger partial charge in [-0.25, -0.2) is 14.6 Å². The minimum atomic E-state index is 0.159. The van der Waals surface area contributed by atoms with Crippen molar-refractivity contribution >= 4 is 40.1 Å². The lowest BCUT2D eigenvalue weighted by molar-refractivity contribution is -0.00537. The Balaban J connectivity index is 1.69. The van der Waals surface area contributed by atoms with Gasteiger partial charge in [0.2, 0.25) is 0 Å². The fourth-order valence-corrected chi connectivity index (χ4v) is 3.88. The Labute approximate surface area is 161 Å². The van der Waals surface area contributed by atoms with Crippen LogP contribution >= 0.6 is 23.2 Å². The van der Waals surface area contributed by atoms with Gasteiger partial charge in [0.05, 0.1) is 30.3 Å². The van der Waals surface area contributed by atoms with Crippen LogP contribution in [0.2, 0.25) is 10.0 Å². The Morgan fingerprint density at radius 3 is 2.65 bits per heavy atom.